The highest BCUT2D eigenvalue weighted by molar-refractivity contribution is 5.89. The average molecular weight is 378 g/mol. The van der Waals surface area contributed by atoms with Gasteiger partial charge in [0, 0.05) is 5.39 Å². The fraction of sp³-hybridized carbons (Fsp3) is 0.182. The van der Waals surface area contributed by atoms with Gasteiger partial charge in [0.15, 0.2) is 12.7 Å². The second-order valence-corrected chi connectivity index (χ2v) is 6.33. The van der Waals surface area contributed by atoms with Gasteiger partial charge in [0.2, 0.25) is 0 Å². The molecule has 0 aliphatic carbocycles. The zero-order valence-electron chi connectivity index (χ0n) is 15.8. The van der Waals surface area contributed by atoms with E-state index in [1.807, 2.05) is 61.5 Å². The molecule has 0 aliphatic heterocycles. The minimum atomic E-state index is -0.764. The van der Waals surface area contributed by atoms with Crippen LogP contribution in [-0.4, -0.2) is 24.5 Å². The van der Waals surface area contributed by atoms with E-state index in [0.717, 1.165) is 16.3 Å². The van der Waals surface area contributed by atoms with Crippen molar-refractivity contribution in [2.24, 2.45) is 0 Å². The number of hydrogen-bond donors (Lipinski definition) is 2. The van der Waals surface area contributed by atoms with Crippen molar-refractivity contribution in [1.29, 1.82) is 0 Å². The molecule has 0 aliphatic rings. The Kier molecular flexibility index (Phi) is 6.11. The zero-order valence-corrected chi connectivity index (χ0v) is 15.8. The smallest absolute Gasteiger partial charge is 0.279 e. The number of carbonyl (C=O) groups is 2. The van der Waals surface area contributed by atoms with Crippen LogP contribution in [0.2, 0.25) is 0 Å². The third-order valence-corrected chi connectivity index (χ3v) is 4.20. The summed E-state index contributed by atoms with van der Waals surface area (Å²) in [6.07, 6.45) is -0.764. The van der Waals surface area contributed by atoms with Gasteiger partial charge in [-0.25, -0.2) is 0 Å². The Morgan fingerprint density at radius 2 is 1.57 bits per heavy atom. The topological polar surface area (TPSA) is 76.7 Å². The maximum absolute atomic E-state index is 12.1. The molecule has 0 heterocycles. The Bertz CT molecular complexity index is 982. The molecule has 144 valence electrons. The van der Waals surface area contributed by atoms with Gasteiger partial charge in [-0.15, -0.1) is 0 Å². The van der Waals surface area contributed by atoms with E-state index in [-0.39, 0.29) is 6.61 Å². The first-order chi connectivity index (χ1) is 13.5. The number of amides is 2. The molecule has 1 atom stereocenters. The van der Waals surface area contributed by atoms with E-state index in [9.17, 15) is 9.59 Å². The lowest BCUT2D eigenvalue weighted by molar-refractivity contribution is -0.133. The molecule has 2 N–H and O–H groups in total. The molecule has 2 amide bonds. The Labute approximate surface area is 163 Å². The quantitative estimate of drug-likeness (QED) is 0.646. The highest BCUT2D eigenvalue weighted by atomic mass is 16.5. The molecule has 28 heavy (non-hydrogen) atoms. The number of rotatable bonds is 6. The molecule has 3 aromatic rings. The molecular weight excluding hydrogens is 356 g/mol. The Morgan fingerprint density at radius 1 is 0.893 bits per heavy atom. The van der Waals surface area contributed by atoms with Crippen molar-refractivity contribution in [2.75, 3.05) is 6.61 Å². The largest absolute Gasteiger partial charge is 0.483 e. The van der Waals surface area contributed by atoms with Gasteiger partial charge in [0.05, 0.1) is 0 Å². The second kappa shape index (κ2) is 8.90. The minimum absolute atomic E-state index is 0.221. The van der Waals surface area contributed by atoms with E-state index in [1.54, 1.807) is 19.1 Å². The number of benzene rings is 3. The summed E-state index contributed by atoms with van der Waals surface area (Å²) in [5.41, 5.74) is 5.62. The van der Waals surface area contributed by atoms with Gasteiger partial charge in [0.1, 0.15) is 11.5 Å². The number of para-hydroxylation sites is 1. The summed E-state index contributed by atoms with van der Waals surface area (Å²) < 4.78 is 11.2. The lowest BCUT2D eigenvalue weighted by Gasteiger charge is -2.16. The molecule has 6 heteroatoms. The van der Waals surface area contributed by atoms with Crippen molar-refractivity contribution in [3.8, 4) is 11.5 Å². The summed E-state index contributed by atoms with van der Waals surface area (Å²) in [4.78, 5) is 24.1. The number of hydrogen-bond acceptors (Lipinski definition) is 4. The first kappa shape index (κ1) is 19.2. The molecule has 3 aromatic carbocycles. The lowest BCUT2D eigenvalue weighted by Crippen LogP contribution is -2.48. The van der Waals surface area contributed by atoms with Crippen molar-refractivity contribution in [1.82, 2.24) is 10.9 Å². The maximum atomic E-state index is 12.1. The van der Waals surface area contributed by atoms with E-state index >= 15 is 0 Å². The standard InChI is InChI=1S/C22H22N2O4/c1-15-8-3-6-12-19(15)28-16(2)22(26)24-23-21(25)14-27-20-13-7-10-17-9-4-5-11-18(17)20/h3-13,16H,14H2,1-2H3,(H,23,25)(H,24,26). The van der Waals surface area contributed by atoms with E-state index in [4.69, 9.17) is 9.47 Å². The number of ether oxygens (including phenoxy) is 2. The van der Waals surface area contributed by atoms with Gasteiger partial charge in [-0.05, 0) is 36.9 Å². The van der Waals surface area contributed by atoms with Crippen LogP contribution in [0.15, 0.2) is 66.7 Å². The molecular formula is C22H22N2O4. The zero-order chi connectivity index (χ0) is 19.9. The Balaban J connectivity index is 1.48. The van der Waals surface area contributed by atoms with Crippen LogP contribution < -0.4 is 20.3 Å². The van der Waals surface area contributed by atoms with E-state index < -0.39 is 17.9 Å². The molecule has 6 nitrogen and oxygen atoms in total. The number of nitrogens with one attached hydrogen (secondary N) is 2. The molecule has 0 saturated heterocycles. The molecule has 0 saturated carbocycles. The molecule has 0 bridgehead atoms. The minimum Gasteiger partial charge on any atom is -0.483 e. The first-order valence-electron chi connectivity index (χ1n) is 8.96. The predicted molar refractivity (Wildman–Crippen MR) is 107 cm³/mol. The monoisotopic (exact) mass is 378 g/mol. The van der Waals surface area contributed by atoms with Crippen LogP contribution in [-0.2, 0) is 9.59 Å². The van der Waals surface area contributed by atoms with Crippen molar-refractivity contribution >= 4 is 22.6 Å². The van der Waals surface area contributed by atoms with Crippen LogP contribution in [0, 0.1) is 6.92 Å². The second-order valence-electron chi connectivity index (χ2n) is 6.33. The fourth-order valence-corrected chi connectivity index (χ4v) is 2.67. The van der Waals surface area contributed by atoms with Gasteiger partial charge in [-0.1, -0.05) is 54.6 Å². The summed E-state index contributed by atoms with van der Waals surface area (Å²) in [6.45, 7) is 3.29. The first-order valence-corrected chi connectivity index (χ1v) is 8.96. The Morgan fingerprint density at radius 3 is 2.39 bits per heavy atom. The number of hydrazine groups is 1. The molecule has 0 fully saturated rings. The number of carbonyl (C=O) groups excluding carboxylic acids is 2. The summed E-state index contributed by atoms with van der Waals surface area (Å²) in [6, 6.07) is 20.8. The van der Waals surface area contributed by atoms with Crippen LogP contribution in [0.5, 0.6) is 11.5 Å². The molecule has 1 unspecified atom stereocenters. The average Bonchev–Trinajstić information content (AvgIpc) is 2.72. The summed E-state index contributed by atoms with van der Waals surface area (Å²) in [7, 11) is 0. The van der Waals surface area contributed by atoms with Gasteiger partial charge < -0.3 is 9.47 Å². The van der Waals surface area contributed by atoms with E-state index in [1.165, 1.54) is 0 Å². The van der Waals surface area contributed by atoms with Crippen LogP contribution in [0.1, 0.15) is 12.5 Å². The van der Waals surface area contributed by atoms with Gasteiger partial charge >= 0.3 is 0 Å². The highest BCUT2D eigenvalue weighted by Gasteiger charge is 2.16. The maximum Gasteiger partial charge on any atom is 0.279 e. The molecule has 0 radical (unpaired) electrons. The van der Waals surface area contributed by atoms with Crippen molar-refractivity contribution in [2.45, 2.75) is 20.0 Å². The highest BCUT2D eigenvalue weighted by Crippen LogP contribution is 2.24. The molecule has 0 aromatic heterocycles. The van der Waals surface area contributed by atoms with Gasteiger partial charge in [0.25, 0.3) is 11.8 Å². The van der Waals surface area contributed by atoms with Crippen molar-refractivity contribution in [3.05, 3.63) is 72.3 Å². The lowest BCUT2D eigenvalue weighted by atomic mass is 10.1. The van der Waals surface area contributed by atoms with Gasteiger partial charge in [-0.2, -0.15) is 0 Å². The van der Waals surface area contributed by atoms with Crippen LogP contribution >= 0.6 is 0 Å². The van der Waals surface area contributed by atoms with E-state index in [2.05, 4.69) is 10.9 Å². The summed E-state index contributed by atoms with van der Waals surface area (Å²) in [5.74, 6) is 0.303. The third-order valence-electron chi connectivity index (χ3n) is 4.20. The van der Waals surface area contributed by atoms with Crippen molar-refractivity contribution in [3.63, 3.8) is 0 Å². The van der Waals surface area contributed by atoms with Crippen molar-refractivity contribution < 1.29 is 19.1 Å². The number of fused-ring (bicyclic) bond motifs is 1. The molecule has 3 rings (SSSR count). The van der Waals surface area contributed by atoms with Crippen LogP contribution in [0.25, 0.3) is 10.8 Å². The SMILES string of the molecule is Cc1ccccc1OC(C)C(=O)NNC(=O)COc1cccc2ccccc12. The van der Waals surface area contributed by atoms with Crippen LogP contribution in [0.3, 0.4) is 0 Å². The third kappa shape index (κ3) is 4.79. The van der Waals surface area contributed by atoms with E-state index in [0.29, 0.717) is 11.5 Å². The van der Waals surface area contributed by atoms with Gasteiger partial charge in [-0.3, -0.25) is 20.4 Å². The number of aryl methyl sites for hydroxylation is 1. The molecule has 0 spiro atoms. The normalized spacial score (nSPS) is 11.5. The van der Waals surface area contributed by atoms with Crippen LogP contribution in [0.4, 0.5) is 0 Å². The summed E-state index contributed by atoms with van der Waals surface area (Å²) >= 11 is 0. The summed E-state index contributed by atoms with van der Waals surface area (Å²) in [5, 5.41) is 1.94. The predicted octanol–water partition coefficient (Wildman–Crippen LogP) is 3.14. The Hall–Kier alpha value is -3.54. The fourth-order valence-electron chi connectivity index (χ4n) is 2.67.